The number of hydrogen-bond acceptors (Lipinski definition) is 7. The van der Waals surface area contributed by atoms with E-state index in [2.05, 4.69) is 13.8 Å². The molecule has 0 fully saturated rings. The summed E-state index contributed by atoms with van der Waals surface area (Å²) in [7, 11) is -9.07. The molecule has 0 heterocycles. The topological polar surface area (TPSA) is 155 Å². The van der Waals surface area contributed by atoms with Crippen molar-refractivity contribution in [2.45, 2.75) is 165 Å². The second-order valence-corrected chi connectivity index (χ2v) is 15.0. The molecule has 0 radical (unpaired) electrons. The van der Waals surface area contributed by atoms with Gasteiger partial charge >= 0.3 is 37.7 Å². The Labute approximate surface area is 315 Å². The van der Waals surface area contributed by atoms with Crippen LogP contribution >= 0.6 is 0 Å². The molecule has 0 amide bonds. The first-order valence-electron chi connectivity index (χ1n) is 17.5. The average Bonchev–Trinajstić information content (AvgIpc) is 2.98. The largest absolute Gasteiger partial charge is 2.00 e. The molecule has 0 saturated heterocycles. The zero-order chi connectivity index (χ0) is 34.3. The number of phenolic OH excluding ortho intramolecular Hbond substituents is 1. The van der Waals surface area contributed by atoms with Crippen LogP contribution in [0.15, 0.2) is 46.2 Å². The van der Waals surface area contributed by atoms with E-state index < -0.39 is 30.9 Å². The van der Waals surface area contributed by atoms with Crippen LogP contribution in [-0.4, -0.2) is 68.8 Å². The Kier molecular flexibility index (Phi) is 26.4. The summed E-state index contributed by atoms with van der Waals surface area (Å²) in [6.07, 6.45) is 25.0. The minimum absolute atomic E-state index is 0. The van der Waals surface area contributed by atoms with Crippen LogP contribution in [0.2, 0.25) is 0 Å². The van der Waals surface area contributed by atoms with Gasteiger partial charge in [0.25, 0.3) is 10.1 Å². The Balaban J connectivity index is 0.000000882. The van der Waals surface area contributed by atoms with Crippen LogP contribution in [0.1, 0.15) is 153 Å². The summed E-state index contributed by atoms with van der Waals surface area (Å²) in [4.78, 5) is -0.896. The van der Waals surface area contributed by atoms with Gasteiger partial charge in [-0.15, -0.1) is 0 Å². The molecule has 47 heavy (non-hydrogen) atoms. The van der Waals surface area contributed by atoms with E-state index in [4.69, 9.17) is 0 Å². The van der Waals surface area contributed by atoms with E-state index in [1.807, 2.05) is 0 Å². The Hall–Kier alpha value is -0.880. The summed E-state index contributed by atoms with van der Waals surface area (Å²) in [6.45, 7) is 4.44. The molecule has 264 valence electrons. The van der Waals surface area contributed by atoms with Crippen molar-refractivity contribution in [2.75, 3.05) is 0 Å². The van der Waals surface area contributed by atoms with Crippen molar-refractivity contribution in [1.29, 1.82) is 0 Å². The molecule has 0 atom stereocenters. The van der Waals surface area contributed by atoms with Crippen LogP contribution in [0.4, 0.5) is 0 Å². The maximum absolute atomic E-state index is 11.6. The number of rotatable bonds is 24. The zero-order valence-corrected chi connectivity index (χ0v) is 32.7. The molecule has 0 spiro atoms. The van der Waals surface area contributed by atoms with Gasteiger partial charge in [0, 0.05) is 4.90 Å². The molecule has 2 N–H and O–H groups in total. The van der Waals surface area contributed by atoms with E-state index in [0.29, 0.717) is 24.0 Å². The van der Waals surface area contributed by atoms with Crippen LogP contribution in [0.5, 0.6) is 11.5 Å². The molecule has 0 saturated carbocycles. The summed E-state index contributed by atoms with van der Waals surface area (Å²) in [5.41, 5.74) is 0.860. The van der Waals surface area contributed by atoms with Crippen LogP contribution in [0.25, 0.3) is 0 Å². The Morgan fingerprint density at radius 2 is 0.894 bits per heavy atom. The van der Waals surface area contributed by atoms with Crippen molar-refractivity contribution in [3.05, 3.63) is 47.5 Å². The van der Waals surface area contributed by atoms with Crippen molar-refractivity contribution in [3.8, 4) is 11.5 Å². The molecule has 11 heteroatoms. The van der Waals surface area contributed by atoms with Gasteiger partial charge in [-0.1, -0.05) is 166 Å². The second kappa shape index (κ2) is 26.9. The fourth-order valence-corrected chi connectivity index (χ4v) is 7.35. The average molecular weight is 723 g/mol. The second-order valence-electron chi connectivity index (χ2n) is 12.3. The summed E-state index contributed by atoms with van der Waals surface area (Å²) < 4.78 is 65.5. The molecule has 0 aliphatic heterocycles. The van der Waals surface area contributed by atoms with E-state index >= 15 is 0 Å². The number of benzene rings is 2. The zero-order valence-electron chi connectivity index (χ0n) is 28.9. The smallest absolute Gasteiger partial charge is 0.872 e. The van der Waals surface area contributed by atoms with E-state index in [0.717, 1.165) is 44.6 Å². The minimum atomic E-state index is -4.69. The Morgan fingerprint density at radius 1 is 0.553 bits per heavy atom. The maximum atomic E-state index is 11.6. The maximum Gasteiger partial charge on any atom is 2.00 e. The first-order valence-corrected chi connectivity index (χ1v) is 20.3. The molecular formula is C36H58CaO8S2. The summed E-state index contributed by atoms with van der Waals surface area (Å²) in [6, 6.07) is 8.76. The van der Waals surface area contributed by atoms with Crippen LogP contribution in [-0.2, 0) is 33.1 Å². The SMILES string of the molecule is CCCCCCCCCCCCc1cccc(O)c1S(=O)(=O)O.CCCCCCCCCCCCc1cccc([O-])c1S(=O)(=O)[O-].[Ca+2]. The molecule has 2 aromatic rings. The first-order chi connectivity index (χ1) is 21.9. The van der Waals surface area contributed by atoms with Gasteiger partial charge in [-0.25, -0.2) is 8.42 Å². The quantitative estimate of drug-likeness (QED) is 0.0619. The normalized spacial score (nSPS) is 11.5. The third-order valence-electron chi connectivity index (χ3n) is 8.24. The molecule has 0 aliphatic carbocycles. The van der Waals surface area contributed by atoms with Crippen LogP contribution in [0.3, 0.4) is 0 Å². The molecule has 0 aliphatic rings. The van der Waals surface area contributed by atoms with Gasteiger partial charge in [0.1, 0.15) is 20.8 Å². The molecule has 0 unspecified atom stereocenters. The molecule has 2 aromatic carbocycles. The van der Waals surface area contributed by atoms with Crippen molar-refractivity contribution < 1.29 is 36.2 Å². The predicted octanol–water partition coefficient (Wildman–Crippen LogP) is 8.85. The molecular weight excluding hydrogens is 665 g/mol. The number of phenols is 1. The van der Waals surface area contributed by atoms with E-state index in [1.54, 1.807) is 18.2 Å². The number of hydrogen-bond donors (Lipinski definition) is 2. The monoisotopic (exact) mass is 722 g/mol. The van der Waals surface area contributed by atoms with E-state index in [1.165, 1.54) is 102 Å². The number of aryl methyl sites for hydroxylation is 2. The Bertz CT molecular complexity index is 1210. The fourth-order valence-electron chi connectivity index (χ4n) is 5.71. The van der Waals surface area contributed by atoms with Crippen molar-refractivity contribution in [1.82, 2.24) is 0 Å². The van der Waals surface area contributed by atoms with Crippen LogP contribution < -0.4 is 5.11 Å². The van der Waals surface area contributed by atoms with E-state index in [9.17, 15) is 36.2 Å². The third kappa shape index (κ3) is 21.1. The number of aromatic hydroxyl groups is 1. The van der Waals surface area contributed by atoms with Gasteiger partial charge in [0.05, 0.1) is 0 Å². The minimum Gasteiger partial charge on any atom is -0.872 e. The van der Waals surface area contributed by atoms with Crippen molar-refractivity contribution in [3.63, 3.8) is 0 Å². The van der Waals surface area contributed by atoms with Crippen molar-refractivity contribution in [2.24, 2.45) is 0 Å². The van der Waals surface area contributed by atoms with E-state index in [-0.39, 0.29) is 48.4 Å². The Morgan fingerprint density at radius 3 is 1.26 bits per heavy atom. The van der Waals surface area contributed by atoms with Crippen LogP contribution in [0, 0.1) is 0 Å². The molecule has 2 rings (SSSR count). The molecule has 8 nitrogen and oxygen atoms in total. The molecule has 0 bridgehead atoms. The van der Waals surface area contributed by atoms with Gasteiger partial charge < -0.3 is 14.8 Å². The van der Waals surface area contributed by atoms with Gasteiger partial charge in [0.15, 0.2) is 0 Å². The summed E-state index contributed by atoms with van der Waals surface area (Å²) in [5, 5.41) is 21.2. The third-order valence-corrected chi connectivity index (χ3v) is 10.2. The predicted molar refractivity (Wildman–Crippen MR) is 189 cm³/mol. The fraction of sp³-hybridized carbons (Fsp3) is 0.667. The molecule has 0 aromatic heterocycles. The van der Waals surface area contributed by atoms with Gasteiger partial charge in [-0.3, -0.25) is 4.55 Å². The standard InChI is InChI=1S/2C18H30O4S.Ca/c2*1-2-3-4-5-6-7-8-9-10-11-13-16-14-12-15-17(19)18(16)23(20,21)22;/h2*12,14-15,19H,2-11,13H2,1H3,(H,20,21,22);/q;;+2/p-2. The van der Waals surface area contributed by atoms with Gasteiger partial charge in [0.2, 0.25) is 0 Å². The van der Waals surface area contributed by atoms with Gasteiger partial charge in [-0.2, -0.15) is 8.42 Å². The summed E-state index contributed by atoms with van der Waals surface area (Å²) in [5.74, 6) is -1.07. The number of unbranched alkanes of at least 4 members (excludes halogenated alkanes) is 18. The summed E-state index contributed by atoms with van der Waals surface area (Å²) >= 11 is 0. The van der Waals surface area contributed by atoms with Crippen molar-refractivity contribution >= 4 is 58.0 Å². The first kappa shape index (κ1) is 46.1. The van der Waals surface area contributed by atoms with Gasteiger partial charge in [-0.05, 0) is 42.9 Å².